The van der Waals surface area contributed by atoms with E-state index in [0.717, 1.165) is 24.8 Å². The quantitative estimate of drug-likeness (QED) is 0.554. The Morgan fingerprint density at radius 1 is 1.16 bits per heavy atom. The number of hydrogen-bond acceptors (Lipinski definition) is 6. The molecule has 8 nitrogen and oxygen atoms in total. The first-order valence-electron chi connectivity index (χ1n) is 10.5. The average Bonchev–Trinajstić information content (AvgIpc) is 3.47. The lowest BCUT2D eigenvalue weighted by Gasteiger charge is -2.25. The first-order chi connectivity index (χ1) is 15.1. The van der Waals surface area contributed by atoms with Crippen molar-refractivity contribution >= 4 is 34.2 Å². The van der Waals surface area contributed by atoms with Crippen LogP contribution in [0.4, 0.5) is 5.13 Å². The van der Waals surface area contributed by atoms with Crippen molar-refractivity contribution in [1.82, 2.24) is 15.2 Å². The Balaban J connectivity index is 1.46. The summed E-state index contributed by atoms with van der Waals surface area (Å²) in [5.74, 6) is -0.717. The molecular formula is C22H28N4O4S. The van der Waals surface area contributed by atoms with Gasteiger partial charge < -0.3 is 20.3 Å². The predicted molar refractivity (Wildman–Crippen MR) is 119 cm³/mol. The lowest BCUT2D eigenvalue weighted by atomic mass is 10.1. The number of nitrogens with zero attached hydrogens (tertiary/aromatic N) is 2. The summed E-state index contributed by atoms with van der Waals surface area (Å²) in [5.41, 5.74) is 1.14. The molecule has 1 saturated heterocycles. The normalized spacial score (nSPS) is 15.4. The second-order valence-electron chi connectivity index (χ2n) is 7.38. The van der Waals surface area contributed by atoms with Gasteiger partial charge in [0.05, 0.1) is 12.6 Å². The van der Waals surface area contributed by atoms with Gasteiger partial charge >= 0.3 is 0 Å². The minimum atomic E-state index is -0.271. The molecule has 1 aromatic heterocycles. The zero-order valence-electron chi connectivity index (χ0n) is 17.4. The second kappa shape index (κ2) is 12.2. The van der Waals surface area contributed by atoms with Crippen LogP contribution < -0.4 is 10.6 Å². The van der Waals surface area contributed by atoms with Crippen LogP contribution in [0.15, 0.2) is 41.9 Å². The van der Waals surface area contributed by atoms with E-state index in [4.69, 9.17) is 4.74 Å². The van der Waals surface area contributed by atoms with Crippen LogP contribution in [0.1, 0.15) is 31.2 Å². The first kappa shape index (κ1) is 22.9. The number of carbonyl (C=O) groups is 3. The lowest BCUT2D eigenvalue weighted by molar-refractivity contribution is -0.138. The van der Waals surface area contributed by atoms with E-state index in [1.54, 1.807) is 11.6 Å². The van der Waals surface area contributed by atoms with Gasteiger partial charge in [-0.25, -0.2) is 4.98 Å². The van der Waals surface area contributed by atoms with Gasteiger partial charge in [-0.05, 0) is 24.8 Å². The van der Waals surface area contributed by atoms with Crippen molar-refractivity contribution in [2.45, 2.75) is 38.2 Å². The highest BCUT2D eigenvalue weighted by atomic mass is 32.1. The van der Waals surface area contributed by atoms with Crippen LogP contribution in [0.5, 0.6) is 0 Å². The van der Waals surface area contributed by atoms with Gasteiger partial charge in [0.1, 0.15) is 0 Å². The maximum Gasteiger partial charge on any atom is 0.239 e. The summed E-state index contributed by atoms with van der Waals surface area (Å²) < 4.78 is 5.64. The molecule has 1 unspecified atom stereocenters. The zero-order chi connectivity index (χ0) is 21.9. The molecule has 0 radical (unpaired) electrons. The Kier molecular flexibility index (Phi) is 8.99. The van der Waals surface area contributed by atoms with Crippen LogP contribution in [-0.4, -0.2) is 60.0 Å². The summed E-state index contributed by atoms with van der Waals surface area (Å²) in [6.07, 6.45) is 4.15. The van der Waals surface area contributed by atoms with E-state index in [9.17, 15) is 14.4 Å². The van der Waals surface area contributed by atoms with Gasteiger partial charge in [-0.2, -0.15) is 0 Å². The fraction of sp³-hybridized carbons (Fsp3) is 0.455. The number of ether oxygens (including phenoxy) is 1. The number of amides is 3. The van der Waals surface area contributed by atoms with Crippen molar-refractivity contribution in [3.8, 4) is 0 Å². The summed E-state index contributed by atoms with van der Waals surface area (Å²) in [7, 11) is 0. The second-order valence-corrected chi connectivity index (χ2v) is 8.27. The van der Waals surface area contributed by atoms with Gasteiger partial charge in [0, 0.05) is 44.1 Å². The molecule has 0 spiro atoms. The largest absolute Gasteiger partial charge is 0.376 e. The van der Waals surface area contributed by atoms with Crippen LogP contribution in [0.3, 0.4) is 0 Å². The number of nitrogens with one attached hydrogen (secondary N) is 2. The maximum atomic E-state index is 12.8. The van der Waals surface area contributed by atoms with E-state index in [2.05, 4.69) is 15.6 Å². The van der Waals surface area contributed by atoms with E-state index >= 15 is 0 Å². The molecular weight excluding hydrogens is 416 g/mol. The molecule has 166 valence electrons. The van der Waals surface area contributed by atoms with Gasteiger partial charge in [0.15, 0.2) is 5.13 Å². The van der Waals surface area contributed by atoms with Crippen LogP contribution in [0.2, 0.25) is 0 Å². The highest BCUT2D eigenvalue weighted by Gasteiger charge is 2.24. The Morgan fingerprint density at radius 3 is 2.71 bits per heavy atom. The van der Waals surface area contributed by atoms with Crippen molar-refractivity contribution in [2.24, 2.45) is 0 Å². The third kappa shape index (κ3) is 8.10. The van der Waals surface area contributed by atoms with Crippen LogP contribution in [0.25, 0.3) is 0 Å². The van der Waals surface area contributed by atoms with Gasteiger partial charge in [0.25, 0.3) is 0 Å². The molecule has 1 aromatic carbocycles. The Labute approximate surface area is 186 Å². The molecule has 1 aliphatic rings. The molecule has 1 aliphatic heterocycles. The van der Waals surface area contributed by atoms with Gasteiger partial charge in [-0.3, -0.25) is 14.4 Å². The van der Waals surface area contributed by atoms with E-state index in [-0.39, 0.29) is 43.2 Å². The highest BCUT2D eigenvalue weighted by Crippen LogP contribution is 2.15. The van der Waals surface area contributed by atoms with Crippen molar-refractivity contribution in [3.05, 3.63) is 47.5 Å². The summed E-state index contributed by atoms with van der Waals surface area (Å²) in [4.78, 5) is 42.8. The predicted octanol–water partition coefficient (Wildman–Crippen LogP) is 2.23. The third-order valence-corrected chi connectivity index (χ3v) is 5.65. The molecule has 0 saturated carbocycles. The Bertz CT molecular complexity index is 838. The average molecular weight is 445 g/mol. The monoisotopic (exact) mass is 444 g/mol. The minimum Gasteiger partial charge on any atom is -0.376 e. The number of aromatic nitrogens is 1. The molecule has 2 N–H and O–H groups in total. The molecule has 9 heteroatoms. The standard InChI is InChI=1S/C22H28N4O4S/c27-19(25-22-24-12-14-31-22)8-9-21(29)26(15-18-7-4-13-30-18)16-20(28)23-11-10-17-5-2-1-3-6-17/h1-3,5-6,12,14,18H,4,7-11,13,15-16H2,(H,23,28)(H,24,25,27). The van der Waals surface area contributed by atoms with Crippen LogP contribution in [-0.2, 0) is 25.5 Å². The van der Waals surface area contributed by atoms with Crippen molar-refractivity contribution in [1.29, 1.82) is 0 Å². The highest BCUT2D eigenvalue weighted by molar-refractivity contribution is 7.13. The zero-order valence-corrected chi connectivity index (χ0v) is 18.2. The van der Waals surface area contributed by atoms with Crippen LogP contribution in [0, 0.1) is 0 Å². The molecule has 1 atom stereocenters. The van der Waals surface area contributed by atoms with Gasteiger partial charge in [0.2, 0.25) is 17.7 Å². The summed E-state index contributed by atoms with van der Waals surface area (Å²) in [6, 6.07) is 9.90. The number of anilines is 1. The molecule has 0 bridgehead atoms. The third-order valence-electron chi connectivity index (χ3n) is 4.96. The molecule has 3 rings (SSSR count). The van der Waals surface area contributed by atoms with Crippen molar-refractivity contribution in [3.63, 3.8) is 0 Å². The van der Waals surface area contributed by atoms with E-state index in [1.807, 2.05) is 30.3 Å². The number of hydrogen-bond donors (Lipinski definition) is 2. The smallest absolute Gasteiger partial charge is 0.239 e. The number of carbonyl (C=O) groups excluding carboxylic acids is 3. The van der Waals surface area contributed by atoms with Gasteiger partial charge in [-0.1, -0.05) is 30.3 Å². The Morgan fingerprint density at radius 2 is 2.00 bits per heavy atom. The minimum absolute atomic E-state index is 0.0290. The molecule has 3 amide bonds. The van der Waals surface area contributed by atoms with E-state index < -0.39 is 0 Å². The van der Waals surface area contributed by atoms with Gasteiger partial charge in [-0.15, -0.1) is 11.3 Å². The maximum absolute atomic E-state index is 12.8. The SMILES string of the molecule is O=C(CN(CC1CCCO1)C(=O)CCC(=O)Nc1nccs1)NCCc1ccccc1. The summed E-state index contributed by atoms with van der Waals surface area (Å²) in [5, 5.41) is 7.81. The van der Waals surface area contributed by atoms with Crippen molar-refractivity contribution < 1.29 is 19.1 Å². The van der Waals surface area contributed by atoms with Crippen LogP contribution >= 0.6 is 11.3 Å². The Hall–Kier alpha value is -2.78. The van der Waals surface area contributed by atoms with Crippen molar-refractivity contribution in [2.75, 3.05) is 31.6 Å². The summed E-state index contributed by atoms with van der Waals surface area (Å²) >= 11 is 1.32. The molecule has 2 heterocycles. The topological polar surface area (TPSA) is 101 Å². The number of rotatable bonds is 11. The number of benzene rings is 1. The summed E-state index contributed by atoms with van der Waals surface area (Å²) in [6.45, 7) is 1.49. The molecule has 31 heavy (non-hydrogen) atoms. The fourth-order valence-corrected chi connectivity index (χ4v) is 3.90. The fourth-order valence-electron chi connectivity index (χ4n) is 3.35. The molecule has 2 aromatic rings. The van der Waals surface area contributed by atoms with E-state index in [1.165, 1.54) is 16.2 Å². The lowest BCUT2D eigenvalue weighted by Crippen LogP contribution is -2.44. The number of thiazole rings is 1. The molecule has 0 aliphatic carbocycles. The van der Waals surface area contributed by atoms with E-state index in [0.29, 0.717) is 24.8 Å². The molecule has 1 fully saturated rings. The first-order valence-corrected chi connectivity index (χ1v) is 11.4.